The Balaban J connectivity index is 0.000000104. The fraction of sp³-hybridized carbons (Fsp3) is 0.00730. The highest BCUT2D eigenvalue weighted by atomic mass is 16.3. The molecule has 0 radical (unpaired) electrons. The summed E-state index contributed by atoms with van der Waals surface area (Å²) in [5, 5.41) is 32.8. The van der Waals surface area contributed by atoms with Crippen LogP contribution in [0.4, 0.5) is 0 Å². The van der Waals surface area contributed by atoms with Crippen molar-refractivity contribution in [3.8, 4) is 122 Å². The van der Waals surface area contributed by atoms with Crippen molar-refractivity contribution in [1.29, 1.82) is 0 Å². The molecule has 27 aromatic carbocycles. The van der Waals surface area contributed by atoms with Gasteiger partial charge in [0.05, 0.1) is 0 Å². The van der Waals surface area contributed by atoms with Gasteiger partial charge in [-0.15, -0.1) is 0 Å². The quantitative estimate of drug-likeness (QED) is 0.121. The first-order chi connectivity index (χ1) is 69.3. The first-order valence-corrected chi connectivity index (χ1v) is 48.3. The number of fused-ring (bicyclic) bond motifs is 10. The van der Waals surface area contributed by atoms with Crippen molar-refractivity contribution in [2.75, 3.05) is 0 Å². The molecule has 0 aliphatic heterocycles. The van der Waals surface area contributed by atoms with E-state index in [-0.39, 0.29) is 0 Å². The molecule has 0 fully saturated rings. The van der Waals surface area contributed by atoms with Gasteiger partial charge in [-0.25, -0.2) is 0 Å². The van der Waals surface area contributed by atoms with E-state index in [2.05, 4.69) is 462 Å². The summed E-state index contributed by atoms with van der Waals surface area (Å²) in [6, 6.07) is 178. The minimum atomic E-state index is 0.923. The molecular weight excluding hydrogens is 1690 g/mol. The van der Waals surface area contributed by atoms with Crippen LogP contribution in [0.15, 0.2) is 505 Å². The molecule has 0 saturated heterocycles. The van der Waals surface area contributed by atoms with Gasteiger partial charge in [0.2, 0.25) is 0 Å². The van der Waals surface area contributed by atoms with Crippen LogP contribution in [0.5, 0.6) is 0 Å². The summed E-state index contributed by atoms with van der Waals surface area (Å²) in [7, 11) is 0. The van der Waals surface area contributed by atoms with Crippen molar-refractivity contribution >= 4 is 174 Å². The molecule has 3 aromatic heterocycles. The number of para-hydroxylation sites is 6. The molecule has 3 nitrogen and oxygen atoms in total. The van der Waals surface area contributed by atoms with E-state index >= 15 is 0 Å². The van der Waals surface area contributed by atoms with Gasteiger partial charge in [0.1, 0.15) is 33.5 Å². The molecule has 0 bridgehead atoms. The second kappa shape index (κ2) is 32.5. The highest BCUT2D eigenvalue weighted by molar-refractivity contribution is 6.31. The zero-order valence-electron chi connectivity index (χ0n) is 76.5. The third-order valence-corrected chi connectivity index (χ3v) is 29.8. The summed E-state index contributed by atoms with van der Waals surface area (Å²) in [5.41, 5.74) is 33.7. The zero-order chi connectivity index (χ0) is 92.2. The first kappa shape index (κ1) is 80.2. The summed E-state index contributed by atoms with van der Waals surface area (Å²) >= 11 is 0. The van der Waals surface area contributed by atoms with E-state index in [0.29, 0.717) is 0 Å². The lowest BCUT2D eigenvalue weighted by Crippen LogP contribution is -1.91. The lowest BCUT2D eigenvalue weighted by molar-refractivity contribution is 0.669. The SMILES string of the molecule is Cc1ccccc1-c1ccc2ccc3c(-c4ccc(-c5cccc6c5oc5ccccc56)cc4)ccc4ccc1c2c43.c1ccc(-c2ccccc2-c2ccc3ccc4c(-c5ccc(-c6cccc7c6oc6ccccc67)cc5)ccc5ccc2c3c54)cc1.c1ccc2c(-c3ccc(-c4ccc5ccc6c(-c7ccc(-c8cccc9c8oc8ccccc89)cc7)ccc7ccc4c5c76)cc3)cccc2c1. The monoisotopic (exact) mass is 1780 g/mol. The summed E-state index contributed by atoms with van der Waals surface area (Å²) in [6.07, 6.45) is 0. The number of furan rings is 3. The average molecular weight is 1780 g/mol. The topological polar surface area (TPSA) is 39.4 Å². The summed E-state index contributed by atoms with van der Waals surface area (Å²) in [5.74, 6) is 0. The van der Waals surface area contributed by atoms with Crippen LogP contribution in [0.1, 0.15) is 5.56 Å². The standard InChI is InChI=1S/C50H30O.C46H28O.C41H26O/c1-2-9-38-31(7-1)8-5-11-39(38)32-15-17-33(18-16-32)40-27-23-36-26-30-45-41(28-24-37-25-29-44(40)48(36)49(37)45)34-19-21-35(22-20-34)42-12-6-13-46-43-10-3-4-14-47(43)51-50(42)46;1-2-9-29(10-3-1)34-11-4-5-12-37(34)38-26-22-33-23-27-40-35(25-21-32-24-28-41(38)45(33)44(32)40)30-17-19-31(20-18-30)36-14-8-15-42-39-13-6-7-16-43(39)47-46(36)42;1-25-7-2-3-8-30(25)33-22-18-29-19-23-35-31(21-17-28-20-24-36(33)40(29)39(28)35)26-13-15-27(16-14-26)32-10-6-11-37-34-9-4-5-12-38(34)42-41(32)37/h1-30H;1-28H;2-24H,1H3. The maximum Gasteiger partial charge on any atom is 0.143 e. The van der Waals surface area contributed by atoms with E-state index in [9.17, 15) is 0 Å². The van der Waals surface area contributed by atoms with Gasteiger partial charge < -0.3 is 13.3 Å². The van der Waals surface area contributed by atoms with Crippen molar-refractivity contribution in [2.45, 2.75) is 6.92 Å². The number of aryl methyl sites for hydroxylation is 1. The Morgan fingerprint density at radius 3 is 0.693 bits per heavy atom. The van der Waals surface area contributed by atoms with Crippen LogP contribution < -0.4 is 0 Å². The van der Waals surface area contributed by atoms with E-state index in [4.69, 9.17) is 13.3 Å². The van der Waals surface area contributed by atoms with Crippen molar-refractivity contribution in [3.63, 3.8) is 0 Å². The Labute approximate surface area is 807 Å². The molecule has 0 spiro atoms. The Hall–Kier alpha value is -18.3. The van der Waals surface area contributed by atoms with Gasteiger partial charge in [0, 0.05) is 49.0 Å². The van der Waals surface area contributed by atoms with Crippen molar-refractivity contribution in [2.24, 2.45) is 0 Å². The van der Waals surface area contributed by atoms with Gasteiger partial charge in [-0.1, -0.05) is 473 Å². The predicted octanol–water partition coefficient (Wildman–Crippen LogP) is 39.2. The molecule has 0 saturated carbocycles. The zero-order valence-corrected chi connectivity index (χ0v) is 76.5. The fourth-order valence-electron chi connectivity index (χ4n) is 23.1. The fourth-order valence-corrected chi connectivity index (χ4v) is 23.1. The minimum absolute atomic E-state index is 0.923. The number of hydrogen-bond acceptors (Lipinski definition) is 3. The van der Waals surface area contributed by atoms with Crippen LogP contribution >= 0.6 is 0 Å². The summed E-state index contributed by atoms with van der Waals surface area (Å²) in [6.45, 7) is 2.20. The van der Waals surface area contributed by atoms with Crippen LogP contribution in [0.2, 0.25) is 0 Å². The van der Waals surface area contributed by atoms with E-state index in [1.54, 1.807) is 0 Å². The van der Waals surface area contributed by atoms with Crippen molar-refractivity contribution in [1.82, 2.24) is 0 Å². The highest BCUT2D eigenvalue weighted by Gasteiger charge is 2.24. The van der Waals surface area contributed by atoms with Gasteiger partial charge >= 0.3 is 0 Å². The highest BCUT2D eigenvalue weighted by Crippen LogP contribution is 2.51. The number of hydrogen-bond donors (Lipinski definition) is 0. The smallest absolute Gasteiger partial charge is 0.143 e. The maximum absolute atomic E-state index is 6.36. The van der Waals surface area contributed by atoms with Crippen LogP contribution in [0.3, 0.4) is 0 Å². The van der Waals surface area contributed by atoms with Crippen LogP contribution in [0.25, 0.3) is 296 Å². The third-order valence-electron chi connectivity index (χ3n) is 29.8. The second-order valence-electron chi connectivity index (χ2n) is 37.4. The Kier molecular flexibility index (Phi) is 18.6. The van der Waals surface area contributed by atoms with Gasteiger partial charge in [0.25, 0.3) is 0 Å². The summed E-state index contributed by atoms with van der Waals surface area (Å²) < 4.78 is 19.0. The number of benzene rings is 27. The molecule has 0 amide bonds. The largest absolute Gasteiger partial charge is 0.455 e. The average Bonchev–Trinajstić information content (AvgIpc) is 0.814. The molecule has 0 unspecified atom stereocenters. The van der Waals surface area contributed by atoms with E-state index in [1.165, 1.54) is 202 Å². The second-order valence-corrected chi connectivity index (χ2v) is 37.4. The Morgan fingerprint density at radius 2 is 0.336 bits per heavy atom. The van der Waals surface area contributed by atoms with Gasteiger partial charge in [0.15, 0.2) is 0 Å². The first-order valence-electron chi connectivity index (χ1n) is 48.3. The maximum atomic E-state index is 6.36. The molecule has 3 heteroatoms. The van der Waals surface area contributed by atoms with Crippen LogP contribution in [-0.2, 0) is 0 Å². The predicted molar refractivity (Wildman–Crippen MR) is 594 cm³/mol. The van der Waals surface area contributed by atoms with Gasteiger partial charge in [-0.3, -0.25) is 0 Å². The van der Waals surface area contributed by atoms with Gasteiger partial charge in [-0.05, 0) is 244 Å². The molecular formula is C137H84O3. The van der Waals surface area contributed by atoms with Gasteiger partial charge in [-0.2, -0.15) is 0 Å². The van der Waals surface area contributed by atoms with Crippen LogP contribution in [0, 0.1) is 6.92 Å². The van der Waals surface area contributed by atoms with Crippen LogP contribution in [-0.4, -0.2) is 0 Å². The van der Waals surface area contributed by atoms with Crippen molar-refractivity contribution < 1.29 is 13.3 Å². The minimum Gasteiger partial charge on any atom is -0.455 e. The molecule has 650 valence electrons. The molecule has 0 atom stereocenters. The lowest BCUT2D eigenvalue weighted by Gasteiger charge is -2.18. The molecule has 30 rings (SSSR count). The Morgan fingerprint density at radius 1 is 0.114 bits per heavy atom. The van der Waals surface area contributed by atoms with E-state index in [0.717, 1.165) is 99.2 Å². The molecule has 0 N–H and O–H groups in total. The molecule has 0 aliphatic rings. The normalized spacial score (nSPS) is 11.9. The molecule has 140 heavy (non-hydrogen) atoms. The summed E-state index contributed by atoms with van der Waals surface area (Å²) in [4.78, 5) is 0. The molecule has 3 heterocycles. The Bertz CT molecular complexity index is 10200. The van der Waals surface area contributed by atoms with E-state index in [1.807, 2.05) is 36.4 Å². The molecule has 30 aromatic rings. The lowest BCUT2D eigenvalue weighted by atomic mass is 9.85. The molecule has 0 aliphatic carbocycles. The van der Waals surface area contributed by atoms with E-state index < -0.39 is 0 Å². The third kappa shape index (κ3) is 13.0. The van der Waals surface area contributed by atoms with Crippen molar-refractivity contribution in [3.05, 3.63) is 497 Å². The number of rotatable bonds is 11.